The highest BCUT2D eigenvalue weighted by Gasteiger charge is 2.36. The van der Waals surface area contributed by atoms with E-state index in [2.05, 4.69) is 26.6 Å². The molecule has 5 N–H and O–H groups in total. The smallest absolute Gasteiger partial charge is 0.252 e. The quantitative estimate of drug-likeness (QED) is 0.0596. The van der Waals surface area contributed by atoms with Crippen molar-refractivity contribution < 1.29 is 71.4 Å². The van der Waals surface area contributed by atoms with E-state index >= 15 is 0 Å². The summed E-state index contributed by atoms with van der Waals surface area (Å²) in [6, 6.07) is 2.86. The molecule has 1 aliphatic carbocycles. The van der Waals surface area contributed by atoms with Crippen LogP contribution in [0.5, 0.6) is 51.7 Å². The van der Waals surface area contributed by atoms with Crippen molar-refractivity contribution in [2.24, 2.45) is 0 Å². The minimum absolute atomic E-state index is 0.0553. The predicted octanol–water partition coefficient (Wildman–Crippen LogP) is 5.08. The standard InChI is InChI=1S/C52H73N5O15/c1-29(58)17-13-14-18-35-38(26-41(64-4)47(70-10)44(35)67-7)50(61)55-32-23-33(56-51(62)39-27-42(65-5)48(71-11)45(68-8)36(39)19-15-21-53-30(2)59)25-34(24-32)57-52(63)40-28-43(66-6)49(72-12)46(69-9)37(40)20-16-22-54-31(3)60/h26-28,32-34H,13-25H2,1-12H3,(H,53,59)(H,54,60)(H,55,61)(H,56,62)(H,57,63)/t32?,33-,34+. The second-order valence-electron chi connectivity index (χ2n) is 17.3. The summed E-state index contributed by atoms with van der Waals surface area (Å²) >= 11 is 0. The number of unbranched alkanes of at least 4 members (excludes halogenated alkanes) is 1. The van der Waals surface area contributed by atoms with Gasteiger partial charge in [0.15, 0.2) is 34.5 Å². The monoisotopic (exact) mass is 1010 g/mol. The molecule has 3 aromatic rings. The molecule has 20 heteroatoms. The van der Waals surface area contributed by atoms with Crippen molar-refractivity contribution in [2.45, 2.75) is 110 Å². The van der Waals surface area contributed by atoms with E-state index in [9.17, 15) is 28.8 Å². The van der Waals surface area contributed by atoms with Gasteiger partial charge in [0.05, 0.1) is 80.7 Å². The van der Waals surface area contributed by atoms with Crippen LogP contribution in [0.15, 0.2) is 18.2 Å². The molecule has 0 aromatic heterocycles. The summed E-state index contributed by atoms with van der Waals surface area (Å²) in [5.41, 5.74) is 2.36. The van der Waals surface area contributed by atoms with Gasteiger partial charge >= 0.3 is 0 Å². The van der Waals surface area contributed by atoms with Crippen molar-refractivity contribution in [3.63, 3.8) is 0 Å². The van der Waals surface area contributed by atoms with Crippen molar-refractivity contribution in [1.82, 2.24) is 26.6 Å². The maximum atomic E-state index is 14.7. The number of hydrogen-bond acceptors (Lipinski definition) is 15. The van der Waals surface area contributed by atoms with Crippen LogP contribution in [-0.2, 0) is 33.6 Å². The number of benzene rings is 3. The molecule has 3 aromatic carbocycles. The molecule has 1 fully saturated rings. The van der Waals surface area contributed by atoms with Crippen LogP contribution in [0.1, 0.15) is 120 Å². The Bertz CT molecular complexity index is 2140. The predicted molar refractivity (Wildman–Crippen MR) is 268 cm³/mol. The highest BCUT2D eigenvalue weighted by Crippen LogP contribution is 2.45. The molecule has 1 unspecified atom stereocenters. The molecule has 4 rings (SSSR count). The van der Waals surface area contributed by atoms with Crippen LogP contribution in [0, 0.1) is 0 Å². The van der Waals surface area contributed by atoms with Crippen LogP contribution in [0.25, 0.3) is 0 Å². The van der Waals surface area contributed by atoms with E-state index < -0.39 is 35.8 Å². The Morgan fingerprint density at radius 3 is 0.958 bits per heavy atom. The van der Waals surface area contributed by atoms with Gasteiger partial charge in [-0.1, -0.05) is 0 Å². The summed E-state index contributed by atoms with van der Waals surface area (Å²) in [6.07, 6.45) is 4.25. The molecule has 1 saturated carbocycles. The van der Waals surface area contributed by atoms with Crippen molar-refractivity contribution >= 4 is 35.3 Å². The number of ether oxygens (including phenoxy) is 9. The molecule has 396 valence electrons. The van der Waals surface area contributed by atoms with Crippen LogP contribution in [0.3, 0.4) is 0 Å². The number of hydrogen-bond donors (Lipinski definition) is 5. The van der Waals surface area contributed by atoms with Crippen molar-refractivity contribution in [3.8, 4) is 51.7 Å². The molecule has 1 aliphatic rings. The Kier molecular flexibility index (Phi) is 22.4. The molecule has 3 atom stereocenters. The van der Waals surface area contributed by atoms with Gasteiger partial charge in [-0.15, -0.1) is 0 Å². The molecule has 20 nitrogen and oxygen atoms in total. The van der Waals surface area contributed by atoms with Crippen molar-refractivity contribution in [3.05, 3.63) is 51.6 Å². The van der Waals surface area contributed by atoms with Gasteiger partial charge in [0.1, 0.15) is 5.78 Å². The summed E-state index contributed by atoms with van der Waals surface area (Å²) in [5, 5.41) is 15.1. The van der Waals surface area contributed by atoms with Gasteiger partial charge in [-0.05, 0) is 89.3 Å². The third kappa shape index (κ3) is 14.7. The molecule has 5 amide bonds. The fraction of sp³-hybridized carbons (Fsp3) is 0.538. The average molecular weight is 1010 g/mol. The maximum Gasteiger partial charge on any atom is 0.252 e. The number of methoxy groups -OCH3 is 9. The van der Waals surface area contributed by atoms with Gasteiger partial charge in [0.2, 0.25) is 29.1 Å². The Hall–Kier alpha value is -7.12. The van der Waals surface area contributed by atoms with Gasteiger partial charge in [0.25, 0.3) is 17.7 Å². The Morgan fingerprint density at radius 2 is 0.708 bits per heavy atom. The molecule has 0 aliphatic heterocycles. The fourth-order valence-corrected chi connectivity index (χ4v) is 9.20. The van der Waals surface area contributed by atoms with E-state index in [1.54, 1.807) is 18.2 Å². The average Bonchev–Trinajstić information content (AvgIpc) is 3.35. The summed E-state index contributed by atoms with van der Waals surface area (Å²) in [5.74, 6) is 0.833. The third-order valence-corrected chi connectivity index (χ3v) is 12.4. The zero-order chi connectivity index (χ0) is 53.1. The molecule has 0 heterocycles. The van der Waals surface area contributed by atoms with Gasteiger partial charge in [0, 0.05) is 68.2 Å². The zero-order valence-corrected chi connectivity index (χ0v) is 43.8. The van der Waals surface area contributed by atoms with Crippen LogP contribution < -0.4 is 69.2 Å². The van der Waals surface area contributed by atoms with E-state index in [4.69, 9.17) is 42.6 Å². The van der Waals surface area contributed by atoms with E-state index in [1.807, 2.05) is 0 Å². The second kappa shape index (κ2) is 28.1. The minimum Gasteiger partial charge on any atom is -0.493 e. The molecular formula is C52H73N5O15. The van der Waals surface area contributed by atoms with Gasteiger partial charge in [-0.2, -0.15) is 0 Å². The lowest BCUT2D eigenvalue weighted by molar-refractivity contribution is -0.119. The van der Waals surface area contributed by atoms with Crippen molar-refractivity contribution in [2.75, 3.05) is 77.1 Å². The fourth-order valence-electron chi connectivity index (χ4n) is 9.20. The first-order chi connectivity index (χ1) is 34.5. The highest BCUT2D eigenvalue weighted by molar-refractivity contribution is 6.00. The number of Topliss-reactive ketones (excluding diaryl/α,β-unsaturated/α-hetero) is 1. The lowest BCUT2D eigenvalue weighted by atomic mass is 9.85. The van der Waals surface area contributed by atoms with Crippen LogP contribution in [-0.4, -0.2) is 131 Å². The lowest BCUT2D eigenvalue weighted by Crippen LogP contribution is -2.53. The summed E-state index contributed by atoms with van der Waals surface area (Å²) in [7, 11) is 13.2. The first-order valence-corrected chi connectivity index (χ1v) is 23.9. The van der Waals surface area contributed by atoms with E-state index in [-0.39, 0.29) is 70.8 Å². The molecule has 0 saturated heterocycles. The van der Waals surface area contributed by atoms with Crippen molar-refractivity contribution in [1.29, 1.82) is 0 Å². The number of amides is 5. The number of nitrogens with one attached hydrogen (secondary N) is 5. The van der Waals surface area contributed by atoms with Crippen LogP contribution in [0.2, 0.25) is 0 Å². The second-order valence-corrected chi connectivity index (χ2v) is 17.3. The Labute approximate surface area is 422 Å². The lowest BCUT2D eigenvalue weighted by Gasteiger charge is -2.36. The molecule has 0 bridgehead atoms. The third-order valence-electron chi connectivity index (χ3n) is 12.4. The Balaban J connectivity index is 1.82. The zero-order valence-electron chi connectivity index (χ0n) is 43.8. The highest BCUT2D eigenvalue weighted by atomic mass is 16.5. The molecule has 0 radical (unpaired) electrons. The molecule has 0 spiro atoms. The van der Waals surface area contributed by atoms with E-state index in [0.717, 1.165) is 0 Å². The van der Waals surface area contributed by atoms with E-state index in [0.29, 0.717) is 116 Å². The van der Waals surface area contributed by atoms with Crippen LogP contribution in [0.4, 0.5) is 0 Å². The van der Waals surface area contributed by atoms with Gasteiger partial charge < -0.3 is 74.0 Å². The number of carbonyl (C=O) groups is 6. The molecule has 72 heavy (non-hydrogen) atoms. The summed E-state index contributed by atoms with van der Waals surface area (Å²) in [4.78, 5) is 79.4. The Morgan fingerprint density at radius 1 is 0.417 bits per heavy atom. The molecular weight excluding hydrogens is 935 g/mol. The topological polar surface area (TPSA) is 246 Å². The largest absolute Gasteiger partial charge is 0.493 e. The van der Waals surface area contributed by atoms with E-state index in [1.165, 1.54) is 84.8 Å². The summed E-state index contributed by atoms with van der Waals surface area (Å²) in [6.45, 7) is 5.07. The number of rotatable bonds is 28. The number of carbonyl (C=O) groups excluding carboxylic acids is 6. The minimum atomic E-state index is -0.628. The maximum absolute atomic E-state index is 14.7. The number of ketones is 1. The summed E-state index contributed by atoms with van der Waals surface area (Å²) < 4.78 is 51.5. The first kappa shape index (κ1) is 57.5. The SMILES string of the molecule is COc1cc(C(=O)NC2C[C@@H](NC(=O)c3cc(OC)c(OC)c(OC)c3CCCNC(C)=O)C[C@@H](NC(=O)c3cc(OC)c(OC)c(OC)c3CCCNC(C)=O)C2)c(CCCCC(C)=O)c(OC)c1OC. The normalized spacial score (nSPS) is 15.0. The van der Waals surface area contributed by atoms with Gasteiger partial charge in [-0.3, -0.25) is 24.0 Å². The van der Waals surface area contributed by atoms with Crippen LogP contribution >= 0.6 is 0 Å². The van der Waals surface area contributed by atoms with Gasteiger partial charge in [-0.25, -0.2) is 0 Å². The first-order valence-electron chi connectivity index (χ1n) is 23.9.